The van der Waals surface area contributed by atoms with Crippen LogP contribution in [0.3, 0.4) is 0 Å². The molecule has 9 nitrogen and oxygen atoms in total. The summed E-state index contributed by atoms with van der Waals surface area (Å²) < 4.78 is 10.4. The first kappa shape index (κ1) is 24.2. The number of carbonyl (C=O) groups excluding carboxylic acids is 2. The summed E-state index contributed by atoms with van der Waals surface area (Å²) in [5, 5.41) is 1.02. The van der Waals surface area contributed by atoms with E-state index in [-0.39, 0.29) is 18.0 Å². The first-order valence-corrected chi connectivity index (χ1v) is 12.3. The van der Waals surface area contributed by atoms with Crippen molar-refractivity contribution < 1.29 is 19.1 Å². The van der Waals surface area contributed by atoms with Crippen LogP contribution in [0.1, 0.15) is 38.1 Å². The maximum absolute atomic E-state index is 12.3. The molecule has 2 aliphatic heterocycles. The third-order valence-electron chi connectivity index (χ3n) is 6.55. The first-order chi connectivity index (χ1) is 16.5. The molecule has 0 bridgehead atoms. The van der Waals surface area contributed by atoms with Crippen LogP contribution in [0, 0.1) is 12.8 Å². The third-order valence-corrected chi connectivity index (χ3v) is 6.55. The van der Waals surface area contributed by atoms with Crippen molar-refractivity contribution >= 4 is 28.8 Å². The van der Waals surface area contributed by atoms with E-state index in [2.05, 4.69) is 28.9 Å². The number of likely N-dealkylation sites (tertiary alicyclic amines) is 1. The number of carbonyl (C=O) groups is 2. The van der Waals surface area contributed by atoms with Gasteiger partial charge in [0.05, 0.1) is 31.2 Å². The van der Waals surface area contributed by atoms with Gasteiger partial charge in [-0.2, -0.15) is 0 Å². The van der Waals surface area contributed by atoms with Crippen LogP contribution in [0.25, 0.3) is 10.9 Å². The monoisotopic (exact) mass is 469 g/mol. The number of nitrogens with zero attached hydrogens (tertiary/aromatic N) is 5. The van der Waals surface area contributed by atoms with Gasteiger partial charge in [0.15, 0.2) is 0 Å². The highest BCUT2D eigenvalue weighted by atomic mass is 16.6. The van der Waals surface area contributed by atoms with E-state index in [1.54, 1.807) is 4.90 Å². The zero-order valence-corrected chi connectivity index (χ0v) is 20.5. The van der Waals surface area contributed by atoms with E-state index < -0.39 is 0 Å². The highest BCUT2D eigenvalue weighted by Gasteiger charge is 2.28. The summed E-state index contributed by atoms with van der Waals surface area (Å²) in [6.07, 6.45) is 1.56. The molecule has 2 fully saturated rings. The molecular formula is C25H35N5O4. The maximum Gasteiger partial charge on any atom is 0.409 e. The molecule has 2 aromatic rings. The molecule has 2 saturated heterocycles. The van der Waals surface area contributed by atoms with E-state index in [9.17, 15) is 9.59 Å². The quantitative estimate of drug-likeness (QED) is 0.597. The van der Waals surface area contributed by atoms with Crippen LogP contribution in [0.2, 0.25) is 0 Å². The lowest BCUT2D eigenvalue weighted by Gasteiger charge is -2.35. The number of hydrogen-bond donors (Lipinski definition) is 0. The number of fused-ring (bicyclic) bond motifs is 1. The Kier molecular flexibility index (Phi) is 7.82. The van der Waals surface area contributed by atoms with Crippen LogP contribution in [0.5, 0.6) is 0 Å². The van der Waals surface area contributed by atoms with E-state index >= 15 is 0 Å². The highest BCUT2D eigenvalue weighted by molar-refractivity contribution is 5.91. The summed E-state index contributed by atoms with van der Waals surface area (Å²) in [6.45, 7) is 11.3. The number of rotatable bonds is 6. The van der Waals surface area contributed by atoms with Gasteiger partial charge >= 0.3 is 12.1 Å². The van der Waals surface area contributed by atoms with Gasteiger partial charge in [0.25, 0.3) is 0 Å². The van der Waals surface area contributed by atoms with Crippen LogP contribution in [-0.2, 0) is 20.8 Å². The Labute approximate surface area is 201 Å². The number of piperidine rings is 1. The summed E-state index contributed by atoms with van der Waals surface area (Å²) in [7, 11) is 0. The molecule has 9 heteroatoms. The second-order valence-electron chi connectivity index (χ2n) is 8.93. The summed E-state index contributed by atoms with van der Waals surface area (Å²) in [5.41, 5.74) is 2.06. The van der Waals surface area contributed by atoms with Gasteiger partial charge in [0, 0.05) is 38.1 Å². The Balaban J connectivity index is 1.55. The Morgan fingerprint density at radius 1 is 1.03 bits per heavy atom. The standard InChI is InChI=1S/C25H35N5O4/c1-4-33-24(31)19-9-7-11-28(16-19)17-21-26-22-18(3)8-6-10-20(22)23(27-21)29-12-14-30(15-13-29)25(32)34-5-2/h6,8,10,19H,4-5,7,9,11-17H2,1-3H3. The van der Waals surface area contributed by atoms with Crippen LogP contribution in [0.4, 0.5) is 10.6 Å². The lowest BCUT2D eigenvalue weighted by Crippen LogP contribution is -2.49. The minimum Gasteiger partial charge on any atom is -0.466 e. The van der Waals surface area contributed by atoms with Crippen molar-refractivity contribution in [2.24, 2.45) is 5.92 Å². The maximum atomic E-state index is 12.3. The van der Waals surface area contributed by atoms with Gasteiger partial charge in [-0.3, -0.25) is 9.69 Å². The number of piperazine rings is 1. The summed E-state index contributed by atoms with van der Waals surface area (Å²) >= 11 is 0. The molecule has 1 aromatic heterocycles. The normalized spacial score (nSPS) is 19.3. The molecule has 0 N–H and O–H groups in total. The van der Waals surface area contributed by atoms with Gasteiger partial charge in [-0.1, -0.05) is 12.1 Å². The van der Waals surface area contributed by atoms with Crippen LogP contribution in [-0.4, -0.2) is 84.3 Å². The molecule has 0 spiro atoms. The number of aromatic nitrogens is 2. The Bertz CT molecular complexity index is 1020. The predicted octanol–water partition coefficient (Wildman–Crippen LogP) is 2.99. The average molecular weight is 470 g/mol. The second-order valence-corrected chi connectivity index (χ2v) is 8.93. The zero-order valence-electron chi connectivity index (χ0n) is 20.5. The smallest absolute Gasteiger partial charge is 0.409 e. The van der Waals surface area contributed by atoms with E-state index in [0.29, 0.717) is 52.5 Å². The molecule has 0 radical (unpaired) electrons. The largest absolute Gasteiger partial charge is 0.466 e. The number of anilines is 1. The van der Waals surface area contributed by atoms with Crippen molar-refractivity contribution in [2.75, 3.05) is 57.4 Å². The number of aryl methyl sites for hydroxylation is 1. The zero-order chi connectivity index (χ0) is 24.1. The second kappa shape index (κ2) is 11.0. The summed E-state index contributed by atoms with van der Waals surface area (Å²) in [5.74, 6) is 1.47. The van der Waals surface area contributed by atoms with Crippen LogP contribution >= 0.6 is 0 Å². The van der Waals surface area contributed by atoms with Gasteiger partial charge in [-0.05, 0) is 51.8 Å². The fraction of sp³-hybridized carbons (Fsp3) is 0.600. The van der Waals surface area contributed by atoms with Gasteiger partial charge in [0.2, 0.25) is 0 Å². The van der Waals surface area contributed by atoms with Gasteiger partial charge < -0.3 is 19.3 Å². The van der Waals surface area contributed by atoms with E-state index in [0.717, 1.165) is 47.5 Å². The van der Waals surface area contributed by atoms with Gasteiger partial charge in [-0.25, -0.2) is 14.8 Å². The molecule has 1 unspecified atom stereocenters. The summed E-state index contributed by atoms with van der Waals surface area (Å²) in [6, 6.07) is 6.17. The minimum absolute atomic E-state index is 0.0914. The molecule has 0 aliphatic carbocycles. The fourth-order valence-electron chi connectivity index (χ4n) is 4.80. The van der Waals surface area contributed by atoms with Crippen molar-refractivity contribution in [3.63, 3.8) is 0 Å². The van der Waals surface area contributed by atoms with Gasteiger partial charge in [-0.15, -0.1) is 0 Å². The molecule has 1 atom stereocenters. The predicted molar refractivity (Wildman–Crippen MR) is 130 cm³/mol. The highest BCUT2D eigenvalue weighted by Crippen LogP contribution is 2.28. The fourth-order valence-corrected chi connectivity index (χ4v) is 4.80. The molecule has 1 amide bonds. The molecule has 1 aromatic carbocycles. The molecule has 34 heavy (non-hydrogen) atoms. The number of hydrogen-bond acceptors (Lipinski definition) is 8. The number of benzene rings is 1. The average Bonchev–Trinajstić information content (AvgIpc) is 2.85. The Morgan fingerprint density at radius 2 is 1.79 bits per heavy atom. The molecule has 0 saturated carbocycles. The molecule has 2 aliphatic rings. The van der Waals surface area contributed by atoms with E-state index in [1.807, 2.05) is 19.9 Å². The number of esters is 1. The van der Waals surface area contributed by atoms with Crippen molar-refractivity contribution in [3.8, 4) is 0 Å². The Hall–Kier alpha value is -2.94. The van der Waals surface area contributed by atoms with Crippen molar-refractivity contribution in [3.05, 3.63) is 29.6 Å². The SMILES string of the molecule is CCOC(=O)C1CCCN(Cc2nc(N3CCN(C(=O)OCC)CC3)c3cccc(C)c3n2)C1. The van der Waals surface area contributed by atoms with Crippen molar-refractivity contribution in [2.45, 2.75) is 40.2 Å². The molecule has 4 rings (SSSR count). The molecular weight excluding hydrogens is 434 g/mol. The van der Waals surface area contributed by atoms with Crippen molar-refractivity contribution in [1.29, 1.82) is 0 Å². The van der Waals surface area contributed by atoms with Gasteiger partial charge in [0.1, 0.15) is 11.6 Å². The Morgan fingerprint density at radius 3 is 2.53 bits per heavy atom. The van der Waals surface area contributed by atoms with Crippen LogP contribution < -0.4 is 4.90 Å². The topological polar surface area (TPSA) is 88.1 Å². The number of para-hydroxylation sites is 1. The molecule has 3 heterocycles. The number of amides is 1. The lowest BCUT2D eigenvalue weighted by molar-refractivity contribution is -0.150. The molecule has 184 valence electrons. The van der Waals surface area contributed by atoms with Crippen molar-refractivity contribution in [1.82, 2.24) is 19.8 Å². The van der Waals surface area contributed by atoms with E-state index in [1.165, 1.54) is 0 Å². The first-order valence-electron chi connectivity index (χ1n) is 12.3. The minimum atomic E-state index is -0.257. The lowest BCUT2D eigenvalue weighted by atomic mass is 9.98. The third kappa shape index (κ3) is 5.41. The number of ether oxygens (including phenoxy) is 2. The van der Waals surface area contributed by atoms with Crippen LogP contribution in [0.15, 0.2) is 18.2 Å². The summed E-state index contributed by atoms with van der Waals surface area (Å²) in [4.78, 5) is 40.5. The van der Waals surface area contributed by atoms with E-state index in [4.69, 9.17) is 19.4 Å².